The topological polar surface area (TPSA) is 153 Å². The first-order valence-electron chi connectivity index (χ1n) is 27.6. The molecule has 0 aliphatic rings. The average molecular weight is 926 g/mol. The second-order valence-corrected chi connectivity index (χ2v) is 18.8. The van der Waals surface area contributed by atoms with E-state index in [4.69, 9.17) is 9.57 Å². The van der Waals surface area contributed by atoms with E-state index in [1.165, 1.54) is 135 Å². The molecule has 0 fully saturated rings. The molecule has 0 rings (SSSR count). The summed E-state index contributed by atoms with van der Waals surface area (Å²) in [6.45, 7) is 17.6. The summed E-state index contributed by atoms with van der Waals surface area (Å²) in [5.41, 5.74) is 3.07. The van der Waals surface area contributed by atoms with Crippen molar-refractivity contribution in [1.82, 2.24) is 36.5 Å². The molecule has 0 aliphatic carbocycles. The van der Waals surface area contributed by atoms with Gasteiger partial charge in [0.25, 0.3) is 0 Å². The van der Waals surface area contributed by atoms with Gasteiger partial charge in [0.15, 0.2) is 0 Å². The maximum absolute atomic E-state index is 12.9. The van der Waals surface area contributed by atoms with Crippen molar-refractivity contribution in [3.05, 3.63) is 4.91 Å². The highest BCUT2D eigenvalue weighted by molar-refractivity contribution is 5.70. The molecule has 0 saturated heterocycles. The summed E-state index contributed by atoms with van der Waals surface area (Å²) < 4.78 is 5.89. The molecule has 0 aromatic rings. The standard InChI is InChI=1S/C52H108N8O5/c1-6-10-14-18-20-22-30-41-60(42-38-57-63)44-43-59(39-31-23-28-36-51(61)64-45-49(33-25-16-12-8-3)34-26-21-19-15-11-7-2)40-32-24-29-37-52(62)65-58-50(35-27-17-13-9-4)56-48-55-47-54-46-53-5/h49-50,53-56,58H,6-48H2,1-5H3/p+1. The Morgan fingerprint density at radius 3 is 1.55 bits per heavy atom. The minimum absolute atomic E-state index is 0.0310. The minimum atomic E-state index is -0.0603. The van der Waals surface area contributed by atoms with E-state index < -0.39 is 0 Å². The van der Waals surface area contributed by atoms with E-state index in [0.717, 1.165) is 104 Å². The van der Waals surface area contributed by atoms with Gasteiger partial charge in [-0.2, -0.15) is 4.91 Å². The molecule has 0 aromatic heterocycles. The molecular formula is C52H109N8O5+. The van der Waals surface area contributed by atoms with Crippen molar-refractivity contribution in [1.29, 1.82) is 0 Å². The number of hydroxylamine groups is 1. The lowest BCUT2D eigenvalue weighted by molar-refractivity contribution is -0.145. The summed E-state index contributed by atoms with van der Waals surface area (Å²) >= 11 is 0. The zero-order valence-corrected chi connectivity index (χ0v) is 43.5. The highest BCUT2D eigenvalue weighted by Crippen LogP contribution is 2.20. The predicted molar refractivity (Wildman–Crippen MR) is 276 cm³/mol. The van der Waals surface area contributed by atoms with Crippen LogP contribution < -0.4 is 26.7 Å². The first kappa shape index (κ1) is 63.3. The van der Waals surface area contributed by atoms with Gasteiger partial charge in [0, 0.05) is 46.1 Å². The summed E-state index contributed by atoms with van der Waals surface area (Å²) in [4.78, 5) is 45.2. The van der Waals surface area contributed by atoms with Crippen LogP contribution in [0.15, 0.2) is 5.18 Å². The van der Waals surface area contributed by atoms with Crippen LogP contribution in [0.1, 0.15) is 233 Å². The zero-order valence-electron chi connectivity index (χ0n) is 43.5. The SMILES string of the molecule is CCCCCCCCCN(CCN=O)CCN(CCCCCC(=O)OCC(CCCCCC)CCCCCCCC)CCCCCC(=[OH+])ONC(CCCCCC)NCNCNCNC. The van der Waals surface area contributed by atoms with E-state index in [9.17, 15) is 14.5 Å². The van der Waals surface area contributed by atoms with Gasteiger partial charge in [-0.15, -0.1) is 0 Å². The normalized spacial score (nSPS) is 12.6. The molecule has 65 heavy (non-hydrogen) atoms. The maximum Gasteiger partial charge on any atom is 0.507 e. The highest BCUT2D eigenvalue weighted by atomic mass is 16.7. The van der Waals surface area contributed by atoms with Gasteiger partial charge in [-0.3, -0.25) is 20.7 Å². The Kier molecular flexibility index (Phi) is 50.3. The lowest BCUT2D eigenvalue weighted by Gasteiger charge is -2.27. The van der Waals surface area contributed by atoms with E-state index in [1.54, 1.807) is 0 Å². The lowest BCUT2D eigenvalue weighted by atomic mass is 9.95. The van der Waals surface area contributed by atoms with Gasteiger partial charge in [0.2, 0.25) is 0 Å². The number of nitrogens with zero attached hydrogens (tertiary/aromatic N) is 3. The van der Waals surface area contributed by atoms with Crippen molar-refractivity contribution in [2.75, 3.05) is 79.5 Å². The molecule has 2 atom stereocenters. The number of unbranched alkanes of at least 4 members (excludes halogenated alkanes) is 21. The molecule has 0 heterocycles. The lowest BCUT2D eigenvalue weighted by Crippen LogP contribution is -2.48. The summed E-state index contributed by atoms with van der Waals surface area (Å²) in [6.07, 6.45) is 36.5. The van der Waals surface area contributed by atoms with Crippen LogP contribution in [-0.2, 0) is 14.4 Å². The van der Waals surface area contributed by atoms with Gasteiger partial charge in [-0.25, -0.2) is 4.84 Å². The Hall–Kier alpha value is -1.74. The number of hydrogen-bond donors (Lipinski definition) is 5. The van der Waals surface area contributed by atoms with Crippen molar-refractivity contribution in [3.63, 3.8) is 0 Å². The van der Waals surface area contributed by atoms with Crippen LogP contribution in [0, 0.1) is 10.8 Å². The molecule has 0 radical (unpaired) electrons. The monoisotopic (exact) mass is 926 g/mol. The molecular weight excluding hydrogens is 817 g/mol. The van der Waals surface area contributed by atoms with Gasteiger partial charge in [-0.1, -0.05) is 174 Å². The van der Waals surface area contributed by atoms with Crippen LogP contribution in [0.2, 0.25) is 0 Å². The molecule has 0 aliphatic heterocycles. The molecule has 0 saturated carbocycles. The summed E-state index contributed by atoms with van der Waals surface area (Å²) in [5.74, 6) is 0.504. The van der Waals surface area contributed by atoms with Crippen molar-refractivity contribution in [2.45, 2.75) is 239 Å². The van der Waals surface area contributed by atoms with Gasteiger partial charge in [0.05, 0.1) is 13.2 Å². The number of carbonyl (C=O) groups excluding carboxylic acids is 2. The predicted octanol–water partition coefficient (Wildman–Crippen LogP) is 11.3. The molecule has 0 aromatic carbocycles. The number of nitrogens with one attached hydrogen (secondary N) is 5. The zero-order chi connectivity index (χ0) is 47.5. The van der Waals surface area contributed by atoms with Gasteiger partial charge >= 0.3 is 11.9 Å². The summed E-state index contributed by atoms with van der Waals surface area (Å²) in [6, 6.07) is 0. The first-order valence-corrected chi connectivity index (χ1v) is 27.6. The molecule has 0 bridgehead atoms. The van der Waals surface area contributed by atoms with E-state index in [0.29, 0.717) is 45.2 Å². The third kappa shape index (κ3) is 45.8. The van der Waals surface area contributed by atoms with Crippen molar-refractivity contribution in [2.24, 2.45) is 11.1 Å². The van der Waals surface area contributed by atoms with Crippen molar-refractivity contribution >= 4 is 11.9 Å². The minimum Gasteiger partial charge on any atom is -0.465 e. The third-order valence-electron chi connectivity index (χ3n) is 12.6. The van der Waals surface area contributed by atoms with Gasteiger partial charge in [0.1, 0.15) is 12.6 Å². The number of esters is 1. The molecule has 13 heteroatoms. The van der Waals surface area contributed by atoms with E-state index in [-0.39, 0.29) is 18.1 Å². The Labute approximate surface area is 401 Å². The van der Waals surface area contributed by atoms with Crippen LogP contribution in [0.3, 0.4) is 0 Å². The average Bonchev–Trinajstić information content (AvgIpc) is 3.31. The van der Waals surface area contributed by atoms with Gasteiger partial charge < -0.3 is 24.6 Å². The molecule has 386 valence electrons. The van der Waals surface area contributed by atoms with Crippen molar-refractivity contribution < 1.29 is 19.2 Å². The second-order valence-electron chi connectivity index (χ2n) is 18.8. The van der Waals surface area contributed by atoms with Crippen LogP contribution in [0.4, 0.5) is 0 Å². The molecule has 0 spiro atoms. The number of rotatable bonds is 54. The molecule has 13 nitrogen and oxygen atoms in total. The van der Waals surface area contributed by atoms with Crippen molar-refractivity contribution in [3.8, 4) is 0 Å². The smallest absolute Gasteiger partial charge is 0.465 e. The van der Waals surface area contributed by atoms with E-state index in [1.807, 2.05) is 7.05 Å². The molecule has 6 N–H and O–H groups in total. The quantitative estimate of drug-likeness (QED) is 0.00989. The van der Waals surface area contributed by atoms with Crippen LogP contribution >= 0.6 is 0 Å². The third-order valence-corrected chi connectivity index (χ3v) is 12.6. The van der Waals surface area contributed by atoms with E-state index >= 15 is 0 Å². The van der Waals surface area contributed by atoms with Crippen LogP contribution in [0.25, 0.3) is 0 Å². The van der Waals surface area contributed by atoms with E-state index in [2.05, 4.69) is 69.4 Å². The maximum atomic E-state index is 12.9. The fourth-order valence-corrected chi connectivity index (χ4v) is 8.37. The highest BCUT2D eigenvalue weighted by Gasteiger charge is 2.18. The second kappa shape index (κ2) is 51.6. The fourth-order valence-electron chi connectivity index (χ4n) is 8.37. The number of nitroso groups, excluding NO2 is 1. The summed E-state index contributed by atoms with van der Waals surface area (Å²) in [5, 5.41) is 16.3. The van der Waals surface area contributed by atoms with Crippen LogP contribution in [-0.4, -0.2) is 112 Å². The van der Waals surface area contributed by atoms with Gasteiger partial charge in [-0.05, 0) is 89.4 Å². The summed E-state index contributed by atoms with van der Waals surface area (Å²) in [7, 11) is 1.91. The Morgan fingerprint density at radius 1 is 0.538 bits per heavy atom. The number of ether oxygens (including phenoxy) is 1. The number of carbonyl (C=O) groups is 1. The largest absolute Gasteiger partial charge is 0.507 e. The Bertz CT molecular complexity index is 957. The Morgan fingerprint density at radius 2 is 1.00 bits per heavy atom. The Balaban J connectivity index is 5.04. The first-order chi connectivity index (χ1) is 31.9. The molecule has 2 unspecified atom stereocenters. The number of hydrogen-bond acceptors (Lipinski definition) is 12. The van der Waals surface area contributed by atoms with Crippen LogP contribution in [0.5, 0.6) is 0 Å². The fraction of sp³-hybridized carbons (Fsp3) is 0.962. The molecule has 0 amide bonds.